The van der Waals surface area contributed by atoms with Crippen molar-refractivity contribution in [2.24, 2.45) is 0 Å². The van der Waals surface area contributed by atoms with Crippen molar-refractivity contribution in [3.63, 3.8) is 0 Å². The maximum atomic E-state index is 12.0. The fourth-order valence-electron chi connectivity index (χ4n) is 2.27. The Morgan fingerprint density at radius 1 is 1.20 bits per heavy atom. The van der Waals surface area contributed by atoms with E-state index in [1.54, 1.807) is 12.1 Å². The number of aliphatic carboxylic acids is 1. The second kappa shape index (κ2) is 10.3. The smallest absolute Gasteiger partial charge is 0.317 e. The van der Waals surface area contributed by atoms with E-state index >= 15 is 0 Å². The largest absolute Gasteiger partial charge is 0.495 e. The Labute approximate surface area is 147 Å². The Morgan fingerprint density at radius 2 is 1.92 bits per heavy atom. The molecule has 8 nitrogen and oxygen atoms in total. The Balaban J connectivity index is 2.51. The van der Waals surface area contributed by atoms with Crippen LogP contribution in [0.5, 0.6) is 5.75 Å². The first-order chi connectivity index (χ1) is 11.8. The van der Waals surface area contributed by atoms with Crippen molar-refractivity contribution in [3.8, 4) is 5.75 Å². The lowest BCUT2D eigenvalue weighted by molar-refractivity contribution is -0.138. The minimum absolute atomic E-state index is 0.0683. The molecule has 0 aliphatic rings. The molecule has 0 unspecified atom stereocenters. The third-order valence-corrected chi connectivity index (χ3v) is 3.34. The number of carbonyl (C=O) groups is 3. The lowest BCUT2D eigenvalue weighted by atomic mass is 10.2. The molecule has 1 aromatic rings. The summed E-state index contributed by atoms with van der Waals surface area (Å²) >= 11 is 0. The zero-order valence-corrected chi connectivity index (χ0v) is 14.8. The summed E-state index contributed by atoms with van der Waals surface area (Å²) in [7, 11) is 1.51. The molecule has 3 N–H and O–H groups in total. The van der Waals surface area contributed by atoms with Gasteiger partial charge in [-0.05, 0) is 37.6 Å². The molecule has 0 atom stereocenters. The number of hydrogen-bond acceptors (Lipinski definition) is 5. The third kappa shape index (κ3) is 7.67. The van der Waals surface area contributed by atoms with Gasteiger partial charge in [0.1, 0.15) is 5.75 Å². The van der Waals surface area contributed by atoms with Gasteiger partial charge in [0.05, 0.1) is 32.4 Å². The van der Waals surface area contributed by atoms with Gasteiger partial charge in [0.2, 0.25) is 11.8 Å². The highest BCUT2D eigenvalue weighted by atomic mass is 16.5. The number of anilines is 1. The molecule has 8 heteroatoms. The van der Waals surface area contributed by atoms with E-state index in [4.69, 9.17) is 9.84 Å². The number of ether oxygens (including phenoxy) is 1. The highest BCUT2D eigenvalue weighted by Crippen LogP contribution is 2.24. The second-order valence-corrected chi connectivity index (χ2v) is 5.63. The van der Waals surface area contributed by atoms with Crippen LogP contribution in [0.15, 0.2) is 18.2 Å². The number of carboxylic acid groups (broad SMARTS) is 1. The summed E-state index contributed by atoms with van der Waals surface area (Å²) in [6.45, 7) is 3.79. The molecule has 0 heterocycles. The van der Waals surface area contributed by atoms with E-state index in [-0.39, 0.29) is 19.6 Å². The van der Waals surface area contributed by atoms with Crippen LogP contribution < -0.4 is 15.4 Å². The molecule has 0 bridgehead atoms. The molecule has 0 aliphatic heterocycles. The van der Waals surface area contributed by atoms with Crippen LogP contribution in [0.1, 0.15) is 18.9 Å². The third-order valence-electron chi connectivity index (χ3n) is 3.34. The Hall–Kier alpha value is -2.61. The van der Waals surface area contributed by atoms with Crippen molar-refractivity contribution in [2.75, 3.05) is 38.6 Å². The monoisotopic (exact) mass is 351 g/mol. The zero-order valence-electron chi connectivity index (χ0n) is 14.8. The van der Waals surface area contributed by atoms with E-state index in [1.165, 1.54) is 12.0 Å². The average Bonchev–Trinajstić information content (AvgIpc) is 2.53. The van der Waals surface area contributed by atoms with Gasteiger partial charge in [-0.3, -0.25) is 19.3 Å². The van der Waals surface area contributed by atoms with Gasteiger partial charge in [-0.2, -0.15) is 0 Å². The van der Waals surface area contributed by atoms with Gasteiger partial charge in [-0.25, -0.2) is 0 Å². The minimum Gasteiger partial charge on any atom is -0.495 e. The van der Waals surface area contributed by atoms with Crippen molar-refractivity contribution in [1.29, 1.82) is 0 Å². The number of methoxy groups -OCH3 is 1. The van der Waals surface area contributed by atoms with Crippen LogP contribution in [0.4, 0.5) is 5.69 Å². The quantitative estimate of drug-likeness (QED) is 0.577. The van der Waals surface area contributed by atoms with Crippen LogP contribution in [0, 0.1) is 6.92 Å². The second-order valence-electron chi connectivity index (χ2n) is 5.63. The molecule has 1 rings (SSSR count). The molecule has 0 aliphatic carbocycles. The summed E-state index contributed by atoms with van der Waals surface area (Å²) in [5.74, 6) is -1.26. The minimum atomic E-state index is -0.995. The molecular weight excluding hydrogens is 326 g/mol. The van der Waals surface area contributed by atoms with Gasteiger partial charge in [0, 0.05) is 0 Å². The number of carboxylic acids is 1. The fraction of sp³-hybridized carbons (Fsp3) is 0.471. The lowest BCUT2D eigenvalue weighted by Gasteiger charge is -2.18. The van der Waals surface area contributed by atoms with Crippen LogP contribution in [-0.4, -0.2) is 61.1 Å². The van der Waals surface area contributed by atoms with E-state index < -0.39 is 17.8 Å². The van der Waals surface area contributed by atoms with Gasteiger partial charge >= 0.3 is 5.97 Å². The summed E-state index contributed by atoms with van der Waals surface area (Å²) in [5, 5.41) is 14.0. The molecule has 0 spiro atoms. The molecule has 25 heavy (non-hydrogen) atoms. The number of benzene rings is 1. The Kier molecular flexibility index (Phi) is 8.42. The molecule has 0 saturated carbocycles. The summed E-state index contributed by atoms with van der Waals surface area (Å²) in [6.07, 6.45) is 0.730. The van der Waals surface area contributed by atoms with Gasteiger partial charge in [-0.15, -0.1) is 0 Å². The number of amides is 2. The molecule has 2 amide bonds. The first-order valence-electron chi connectivity index (χ1n) is 8.01. The zero-order chi connectivity index (χ0) is 18.8. The highest BCUT2D eigenvalue weighted by Gasteiger charge is 2.14. The average molecular weight is 351 g/mol. The standard InChI is InChI=1S/C17H25N3O5/c1-4-7-20(11-17(23)24)10-16(22)18-9-15(21)19-13-8-12(2)5-6-14(13)25-3/h5-6,8H,4,7,9-11H2,1-3H3,(H,18,22)(H,19,21)(H,23,24). The van der Waals surface area contributed by atoms with Crippen molar-refractivity contribution in [1.82, 2.24) is 10.2 Å². The normalized spacial score (nSPS) is 10.4. The van der Waals surface area contributed by atoms with E-state index in [9.17, 15) is 14.4 Å². The summed E-state index contributed by atoms with van der Waals surface area (Å²) in [4.78, 5) is 36.2. The topological polar surface area (TPSA) is 108 Å². The molecule has 0 saturated heterocycles. The van der Waals surface area contributed by atoms with Crippen molar-refractivity contribution in [3.05, 3.63) is 23.8 Å². The molecular formula is C17H25N3O5. The summed E-state index contributed by atoms with van der Waals surface area (Å²) in [6, 6.07) is 5.38. The molecule has 0 radical (unpaired) electrons. The van der Waals surface area contributed by atoms with Gasteiger partial charge in [-0.1, -0.05) is 13.0 Å². The SMILES string of the molecule is CCCN(CC(=O)O)CC(=O)NCC(=O)Nc1cc(C)ccc1OC. The van der Waals surface area contributed by atoms with Crippen LogP contribution in [0.2, 0.25) is 0 Å². The first-order valence-corrected chi connectivity index (χ1v) is 8.01. The number of aryl methyl sites for hydroxylation is 1. The van der Waals surface area contributed by atoms with E-state index in [1.807, 2.05) is 19.9 Å². The number of hydrogen-bond donors (Lipinski definition) is 3. The highest BCUT2D eigenvalue weighted by molar-refractivity contribution is 5.96. The number of nitrogens with zero attached hydrogens (tertiary/aromatic N) is 1. The maximum Gasteiger partial charge on any atom is 0.317 e. The number of nitrogens with one attached hydrogen (secondary N) is 2. The molecule has 1 aromatic carbocycles. The fourth-order valence-corrected chi connectivity index (χ4v) is 2.27. The van der Waals surface area contributed by atoms with Crippen LogP contribution in [0.25, 0.3) is 0 Å². The molecule has 138 valence electrons. The van der Waals surface area contributed by atoms with Crippen molar-refractivity contribution < 1.29 is 24.2 Å². The van der Waals surface area contributed by atoms with Crippen LogP contribution >= 0.6 is 0 Å². The molecule has 0 fully saturated rings. The van der Waals surface area contributed by atoms with Crippen LogP contribution in [0.3, 0.4) is 0 Å². The van der Waals surface area contributed by atoms with Gasteiger partial charge in [0.25, 0.3) is 0 Å². The predicted molar refractivity (Wildman–Crippen MR) is 93.7 cm³/mol. The van der Waals surface area contributed by atoms with E-state index in [0.717, 1.165) is 12.0 Å². The van der Waals surface area contributed by atoms with Crippen molar-refractivity contribution >= 4 is 23.5 Å². The van der Waals surface area contributed by atoms with E-state index in [2.05, 4.69) is 10.6 Å². The molecule has 0 aromatic heterocycles. The summed E-state index contributed by atoms with van der Waals surface area (Å²) < 4.78 is 5.18. The Bertz CT molecular complexity index is 618. The number of rotatable bonds is 10. The number of carbonyl (C=O) groups excluding carboxylic acids is 2. The summed E-state index contributed by atoms with van der Waals surface area (Å²) in [5.41, 5.74) is 1.49. The van der Waals surface area contributed by atoms with Gasteiger partial charge < -0.3 is 20.5 Å². The van der Waals surface area contributed by atoms with E-state index in [0.29, 0.717) is 18.0 Å². The van der Waals surface area contributed by atoms with Gasteiger partial charge in [0.15, 0.2) is 0 Å². The predicted octanol–water partition coefficient (Wildman–Crippen LogP) is 0.855. The Morgan fingerprint density at radius 3 is 2.52 bits per heavy atom. The van der Waals surface area contributed by atoms with Crippen LogP contribution in [-0.2, 0) is 14.4 Å². The van der Waals surface area contributed by atoms with Crippen molar-refractivity contribution in [2.45, 2.75) is 20.3 Å². The first kappa shape index (κ1) is 20.4. The maximum absolute atomic E-state index is 12.0. The lowest BCUT2D eigenvalue weighted by Crippen LogP contribution is -2.42.